The maximum atomic E-state index is 13.3. The minimum atomic E-state index is -0.140. The summed E-state index contributed by atoms with van der Waals surface area (Å²) in [4.78, 5) is 40.7. The Labute approximate surface area is 232 Å². The zero-order valence-corrected chi connectivity index (χ0v) is 22.4. The van der Waals surface area contributed by atoms with Crippen molar-refractivity contribution in [2.45, 2.75) is 32.1 Å². The zero-order chi connectivity index (χ0) is 27.5. The van der Waals surface area contributed by atoms with Crippen molar-refractivity contribution in [3.8, 4) is 11.3 Å². The number of hydrogen-bond acceptors (Lipinski definition) is 5. The molecule has 1 aliphatic rings. The van der Waals surface area contributed by atoms with Crippen molar-refractivity contribution in [2.24, 2.45) is 0 Å². The van der Waals surface area contributed by atoms with Crippen LogP contribution in [0.1, 0.15) is 56.6 Å². The number of aromatic nitrogens is 3. The van der Waals surface area contributed by atoms with Crippen LogP contribution in [0.3, 0.4) is 0 Å². The van der Waals surface area contributed by atoms with E-state index in [9.17, 15) is 9.59 Å². The van der Waals surface area contributed by atoms with E-state index in [0.717, 1.165) is 41.7 Å². The molecule has 1 fully saturated rings. The lowest BCUT2D eigenvalue weighted by atomic mass is 9.89. The number of fused-ring (bicyclic) bond motifs is 1. The molecule has 5 aromatic rings. The number of nitrogens with zero attached hydrogens (tertiary/aromatic N) is 3. The van der Waals surface area contributed by atoms with Crippen molar-refractivity contribution >= 4 is 22.7 Å². The van der Waals surface area contributed by atoms with Crippen LogP contribution < -0.4 is 5.32 Å². The number of para-hydroxylation sites is 1. The van der Waals surface area contributed by atoms with Gasteiger partial charge in [-0.2, -0.15) is 0 Å². The van der Waals surface area contributed by atoms with Crippen LogP contribution in [-0.4, -0.2) is 51.3 Å². The fourth-order valence-corrected chi connectivity index (χ4v) is 5.52. The first-order chi connectivity index (χ1) is 19.6. The summed E-state index contributed by atoms with van der Waals surface area (Å²) in [6.45, 7) is 3.59. The average Bonchev–Trinajstić information content (AvgIpc) is 3.65. The lowest BCUT2D eigenvalue weighted by Gasteiger charge is -2.32. The minimum absolute atomic E-state index is 0.0872. The SMILES string of the molecule is Cc1ccc(C(=O)NCCc2c[nH]c3ccccc23)c(C2CCN(C(=O)c3ncoc3-c3ccccc3)CC2)n1. The van der Waals surface area contributed by atoms with Crippen LogP contribution in [0.25, 0.3) is 22.2 Å². The van der Waals surface area contributed by atoms with E-state index < -0.39 is 0 Å². The van der Waals surface area contributed by atoms with E-state index in [4.69, 9.17) is 9.40 Å². The highest BCUT2D eigenvalue weighted by Crippen LogP contribution is 2.31. The second kappa shape index (κ2) is 11.2. The Morgan fingerprint density at radius 3 is 2.62 bits per heavy atom. The highest BCUT2D eigenvalue weighted by molar-refractivity contribution is 5.98. The molecule has 0 bridgehead atoms. The van der Waals surface area contributed by atoms with Crippen molar-refractivity contribution in [2.75, 3.05) is 19.6 Å². The molecule has 0 saturated carbocycles. The minimum Gasteiger partial charge on any atom is -0.443 e. The van der Waals surface area contributed by atoms with Crippen LogP contribution in [0.4, 0.5) is 0 Å². The molecule has 6 rings (SSSR count). The Bertz CT molecular complexity index is 1650. The highest BCUT2D eigenvalue weighted by Gasteiger charge is 2.30. The quantitative estimate of drug-likeness (QED) is 0.287. The second-order valence-corrected chi connectivity index (χ2v) is 10.2. The van der Waals surface area contributed by atoms with Crippen LogP contribution >= 0.6 is 0 Å². The third kappa shape index (κ3) is 5.12. The maximum Gasteiger partial charge on any atom is 0.276 e. The van der Waals surface area contributed by atoms with E-state index in [0.29, 0.717) is 36.7 Å². The fraction of sp³-hybridized carbons (Fsp3) is 0.250. The molecule has 40 heavy (non-hydrogen) atoms. The van der Waals surface area contributed by atoms with Crippen molar-refractivity contribution in [1.82, 2.24) is 25.2 Å². The van der Waals surface area contributed by atoms with Gasteiger partial charge in [0.25, 0.3) is 11.8 Å². The molecule has 0 unspecified atom stereocenters. The summed E-state index contributed by atoms with van der Waals surface area (Å²) in [5.41, 5.74) is 5.71. The molecule has 0 radical (unpaired) electrons. The van der Waals surface area contributed by atoms with Gasteiger partial charge in [-0.1, -0.05) is 48.5 Å². The number of hydrogen-bond donors (Lipinski definition) is 2. The molecule has 3 aromatic heterocycles. The Morgan fingerprint density at radius 1 is 1.02 bits per heavy atom. The van der Waals surface area contributed by atoms with Gasteiger partial charge in [0.2, 0.25) is 0 Å². The first kappa shape index (κ1) is 25.6. The molecule has 2 N–H and O–H groups in total. The number of pyridine rings is 1. The molecule has 0 aliphatic carbocycles. The van der Waals surface area contributed by atoms with Crippen LogP contribution in [0.15, 0.2) is 83.7 Å². The molecular weight excluding hydrogens is 502 g/mol. The van der Waals surface area contributed by atoms with Gasteiger partial charge in [0, 0.05) is 53.9 Å². The zero-order valence-electron chi connectivity index (χ0n) is 22.4. The maximum absolute atomic E-state index is 13.3. The van der Waals surface area contributed by atoms with Gasteiger partial charge in [-0.15, -0.1) is 0 Å². The molecule has 2 aromatic carbocycles. The topological polar surface area (TPSA) is 104 Å². The Balaban J connectivity index is 1.11. The third-order valence-electron chi connectivity index (χ3n) is 7.64. The summed E-state index contributed by atoms with van der Waals surface area (Å²) in [5, 5.41) is 4.27. The summed E-state index contributed by atoms with van der Waals surface area (Å²) in [7, 11) is 0. The van der Waals surface area contributed by atoms with E-state index in [1.807, 2.05) is 72.6 Å². The standard InChI is InChI=1S/C32H31N5O3/c1-21-11-12-26(31(38)33-16-13-24-19-34-27-10-6-5-9-25(24)27)28(36-21)22-14-17-37(18-15-22)32(39)29-30(40-20-35-29)23-7-3-2-4-8-23/h2-12,19-20,22,34H,13-18H2,1H3,(H,33,38). The monoisotopic (exact) mass is 533 g/mol. The summed E-state index contributed by atoms with van der Waals surface area (Å²) in [5.74, 6) is 0.318. The predicted octanol–water partition coefficient (Wildman–Crippen LogP) is 5.52. The Morgan fingerprint density at radius 2 is 1.80 bits per heavy atom. The third-order valence-corrected chi connectivity index (χ3v) is 7.64. The van der Waals surface area contributed by atoms with Gasteiger partial charge >= 0.3 is 0 Å². The van der Waals surface area contributed by atoms with Gasteiger partial charge in [-0.3, -0.25) is 14.6 Å². The number of rotatable bonds is 7. The Kier molecular flexibility index (Phi) is 7.14. The normalized spacial score (nSPS) is 14.0. The van der Waals surface area contributed by atoms with Gasteiger partial charge in [-0.05, 0) is 49.9 Å². The predicted molar refractivity (Wildman–Crippen MR) is 153 cm³/mol. The van der Waals surface area contributed by atoms with Gasteiger partial charge in [0.05, 0.1) is 11.3 Å². The molecule has 0 spiro atoms. The Hall–Kier alpha value is -4.72. The number of amides is 2. The number of aromatic amines is 1. The highest BCUT2D eigenvalue weighted by atomic mass is 16.3. The number of oxazole rings is 1. The van der Waals surface area contributed by atoms with Gasteiger partial charge in [0.15, 0.2) is 17.8 Å². The number of piperidine rings is 1. The van der Waals surface area contributed by atoms with E-state index in [1.54, 1.807) is 0 Å². The molecule has 1 saturated heterocycles. The first-order valence-corrected chi connectivity index (χ1v) is 13.7. The van der Waals surface area contributed by atoms with Crippen LogP contribution in [0, 0.1) is 6.92 Å². The number of nitrogens with one attached hydrogen (secondary N) is 2. The van der Waals surface area contributed by atoms with Gasteiger partial charge in [-0.25, -0.2) is 4.98 Å². The number of likely N-dealkylation sites (tertiary alicyclic amines) is 1. The number of aryl methyl sites for hydroxylation is 1. The summed E-state index contributed by atoms with van der Waals surface area (Å²) < 4.78 is 5.57. The summed E-state index contributed by atoms with van der Waals surface area (Å²) in [6, 6.07) is 21.5. The fourth-order valence-electron chi connectivity index (χ4n) is 5.52. The van der Waals surface area contributed by atoms with E-state index in [-0.39, 0.29) is 17.7 Å². The molecule has 0 atom stereocenters. The van der Waals surface area contributed by atoms with E-state index >= 15 is 0 Å². The molecule has 2 amide bonds. The average molecular weight is 534 g/mol. The van der Waals surface area contributed by atoms with Gasteiger partial charge < -0.3 is 19.6 Å². The molecule has 202 valence electrons. The lowest BCUT2D eigenvalue weighted by Crippen LogP contribution is -2.39. The second-order valence-electron chi connectivity index (χ2n) is 10.2. The van der Waals surface area contributed by atoms with E-state index in [1.165, 1.54) is 17.3 Å². The smallest absolute Gasteiger partial charge is 0.276 e. The number of benzene rings is 2. The lowest BCUT2D eigenvalue weighted by molar-refractivity contribution is 0.0705. The number of carbonyl (C=O) groups is 2. The largest absolute Gasteiger partial charge is 0.443 e. The van der Waals surface area contributed by atoms with Crippen LogP contribution in [0.2, 0.25) is 0 Å². The van der Waals surface area contributed by atoms with Crippen molar-refractivity contribution in [3.05, 3.63) is 108 Å². The van der Waals surface area contributed by atoms with Crippen LogP contribution in [-0.2, 0) is 6.42 Å². The number of carbonyl (C=O) groups excluding carboxylic acids is 2. The van der Waals surface area contributed by atoms with Crippen LogP contribution in [0.5, 0.6) is 0 Å². The number of H-pyrrole nitrogens is 1. The van der Waals surface area contributed by atoms with Gasteiger partial charge in [0.1, 0.15) is 0 Å². The molecular formula is C32H31N5O3. The van der Waals surface area contributed by atoms with Crippen molar-refractivity contribution < 1.29 is 14.0 Å². The molecule has 8 heteroatoms. The summed E-state index contributed by atoms with van der Waals surface area (Å²) in [6.07, 6.45) is 5.50. The summed E-state index contributed by atoms with van der Waals surface area (Å²) >= 11 is 0. The van der Waals surface area contributed by atoms with Crippen molar-refractivity contribution in [1.29, 1.82) is 0 Å². The molecule has 4 heterocycles. The van der Waals surface area contributed by atoms with Crippen molar-refractivity contribution in [3.63, 3.8) is 0 Å². The van der Waals surface area contributed by atoms with E-state index in [2.05, 4.69) is 27.4 Å². The first-order valence-electron chi connectivity index (χ1n) is 13.7. The molecule has 1 aliphatic heterocycles. The molecule has 8 nitrogen and oxygen atoms in total.